The van der Waals surface area contributed by atoms with Crippen molar-refractivity contribution in [1.29, 1.82) is 0 Å². The number of hydrogen-bond donors (Lipinski definition) is 2. The van der Waals surface area contributed by atoms with Gasteiger partial charge < -0.3 is 15.4 Å². The highest BCUT2D eigenvalue weighted by Gasteiger charge is 2.09. The van der Waals surface area contributed by atoms with Crippen LogP contribution >= 0.6 is 0 Å². The molecule has 0 atom stereocenters. The minimum atomic E-state index is -0.139. The molecule has 26 heavy (non-hydrogen) atoms. The van der Waals surface area contributed by atoms with E-state index >= 15 is 0 Å². The van der Waals surface area contributed by atoms with Crippen LogP contribution < -0.4 is 15.4 Å². The van der Waals surface area contributed by atoms with Gasteiger partial charge in [0.15, 0.2) is 0 Å². The molecular weight excluding hydrogens is 326 g/mol. The van der Waals surface area contributed by atoms with E-state index in [1.807, 2.05) is 61.5 Å². The van der Waals surface area contributed by atoms with Gasteiger partial charge in [-0.25, -0.2) is 4.98 Å². The van der Waals surface area contributed by atoms with Gasteiger partial charge in [-0.1, -0.05) is 36.4 Å². The minimum Gasteiger partial charge on any atom is -0.496 e. The quantitative estimate of drug-likeness (QED) is 0.699. The number of nitrogens with one attached hydrogen (secondary N) is 2. The third-order valence-electron chi connectivity index (χ3n) is 4.06. The molecule has 5 heteroatoms. The van der Waals surface area contributed by atoms with Gasteiger partial charge in [0.05, 0.1) is 19.0 Å². The number of anilines is 2. The first-order valence-electron chi connectivity index (χ1n) is 8.36. The first-order chi connectivity index (χ1) is 12.7. The second kappa shape index (κ2) is 8.16. The highest BCUT2D eigenvalue weighted by molar-refractivity contribution is 6.05. The van der Waals surface area contributed by atoms with E-state index in [0.29, 0.717) is 17.8 Å². The van der Waals surface area contributed by atoms with E-state index < -0.39 is 0 Å². The maximum atomic E-state index is 12.3. The van der Waals surface area contributed by atoms with Gasteiger partial charge in [-0.15, -0.1) is 0 Å². The molecule has 2 aromatic carbocycles. The number of para-hydroxylation sites is 1. The maximum absolute atomic E-state index is 12.3. The highest BCUT2D eigenvalue weighted by atomic mass is 16.5. The molecule has 0 saturated carbocycles. The number of carbonyl (C=O) groups is 1. The number of hydrogen-bond acceptors (Lipinski definition) is 4. The van der Waals surface area contributed by atoms with E-state index in [0.717, 1.165) is 22.7 Å². The van der Waals surface area contributed by atoms with Crippen molar-refractivity contribution in [3.05, 3.63) is 83.6 Å². The number of methoxy groups -OCH3 is 1. The van der Waals surface area contributed by atoms with Crippen molar-refractivity contribution in [1.82, 2.24) is 4.98 Å². The largest absolute Gasteiger partial charge is 0.496 e. The second-order valence-electron chi connectivity index (χ2n) is 5.87. The van der Waals surface area contributed by atoms with Crippen molar-refractivity contribution in [2.45, 2.75) is 13.5 Å². The molecule has 0 unspecified atom stereocenters. The van der Waals surface area contributed by atoms with Crippen LogP contribution in [-0.4, -0.2) is 18.0 Å². The Kier molecular flexibility index (Phi) is 5.49. The van der Waals surface area contributed by atoms with Crippen LogP contribution in [0, 0.1) is 6.92 Å². The predicted molar refractivity (Wildman–Crippen MR) is 104 cm³/mol. The normalized spacial score (nSPS) is 10.2. The van der Waals surface area contributed by atoms with Crippen molar-refractivity contribution >= 4 is 17.4 Å². The maximum Gasteiger partial charge on any atom is 0.255 e. The summed E-state index contributed by atoms with van der Waals surface area (Å²) < 4.78 is 5.34. The number of pyridine rings is 1. The molecule has 5 nitrogen and oxygen atoms in total. The van der Waals surface area contributed by atoms with E-state index in [1.165, 1.54) is 0 Å². The molecule has 0 fully saturated rings. The number of aryl methyl sites for hydroxylation is 1. The van der Waals surface area contributed by atoms with Crippen molar-refractivity contribution in [3.63, 3.8) is 0 Å². The van der Waals surface area contributed by atoms with Crippen molar-refractivity contribution in [3.8, 4) is 5.75 Å². The lowest BCUT2D eigenvalue weighted by Gasteiger charge is -2.11. The molecule has 132 valence electrons. The Balaban J connectivity index is 1.62. The molecule has 1 amide bonds. The summed E-state index contributed by atoms with van der Waals surface area (Å²) in [5, 5.41) is 6.12. The molecule has 0 radical (unpaired) electrons. The summed E-state index contributed by atoms with van der Waals surface area (Å²) in [7, 11) is 1.66. The third-order valence-corrected chi connectivity index (χ3v) is 4.06. The van der Waals surface area contributed by atoms with Crippen LogP contribution in [0.5, 0.6) is 5.75 Å². The van der Waals surface area contributed by atoms with Crippen LogP contribution in [0.3, 0.4) is 0 Å². The van der Waals surface area contributed by atoms with Gasteiger partial charge in [-0.05, 0) is 36.8 Å². The number of aromatic nitrogens is 1. The lowest BCUT2D eigenvalue weighted by molar-refractivity contribution is 0.102. The zero-order valence-electron chi connectivity index (χ0n) is 14.8. The van der Waals surface area contributed by atoms with Crippen LogP contribution in [-0.2, 0) is 6.54 Å². The lowest BCUT2D eigenvalue weighted by Crippen LogP contribution is -2.13. The Morgan fingerprint density at radius 1 is 1.04 bits per heavy atom. The molecule has 0 spiro atoms. The first kappa shape index (κ1) is 17.5. The Morgan fingerprint density at radius 3 is 2.54 bits per heavy atom. The van der Waals surface area contributed by atoms with Crippen LogP contribution in [0.2, 0.25) is 0 Å². The number of benzene rings is 2. The third kappa shape index (κ3) is 4.19. The van der Waals surface area contributed by atoms with Crippen LogP contribution in [0.4, 0.5) is 11.5 Å². The average molecular weight is 347 g/mol. The van der Waals surface area contributed by atoms with E-state index in [4.69, 9.17) is 4.74 Å². The summed E-state index contributed by atoms with van der Waals surface area (Å²) in [6.45, 7) is 2.52. The Labute approximate surface area is 153 Å². The van der Waals surface area contributed by atoms with Crippen LogP contribution in [0.1, 0.15) is 21.5 Å². The molecule has 0 aliphatic heterocycles. The van der Waals surface area contributed by atoms with Crippen molar-refractivity contribution < 1.29 is 9.53 Å². The molecule has 3 rings (SSSR count). The molecule has 0 saturated heterocycles. The van der Waals surface area contributed by atoms with Crippen LogP contribution in [0.25, 0.3) is 0 Å². The fraction of sp³-hybridized carbons (Fsp3) is 0.143. The Morgan fingerprint density at radius 2 is 1.81 bits per heavy atom. The number of amides is 1. The van der Waals surface area contributed by atoms with E-state index in [9.17, 15) is 4.79 Å². The SMILES string of the molecule is COc1ccccc1CNc1ccc(NC(=O)c2ccccc2C)cn1. The number of carbonyl (C=O) groups excluding carboxylic acids is 1. The molecule has 1 heterocycles. The van der Waals surface area contributed by atoms with Crippen molar-refractivity contribution in [2.75, 3.05) is 17.7 Å². The van der Waals surface area contributed by atoms with Gasteiger partial charge >= 0.3 is 0 Å². The van der Waals surface area contributed by atoms with Gasteiger partial charge in [-0.3, -0.25) is 4.79 Å². The highest BCUT2D eigenvalue weighted by Crippen LogP contribution is 2.19. The van der Waals surface area contributed by atoms with Gasteiger partial charge in [-0.2, -0.15) is 0 Å². The smallest absolute Gasteiger partial charge is 0.255 e. The monoisotopic (exact) mass is 347 g/mol. The van der Waals surface area contributed by atoms with E-state index in [2.05, 4.69) is 15.6 Å². The molecule has 2 N–H and O–H groups in total. The van der Waals surface area contributed by atoms with Gasteiger partial charge in [0.1, 0.15) is 11.6 Å². The fourth-order valence-corrected chi connectivity index (χ4v) is 2.63. The standard InChI is InChI=1S/C21H21N3O2/c1-15-7-3-5-9-18(15)21(25)24-17-11-12-20(23-14-17)22-13-16-8-4-6-10-19(16)26-2/h3-12,14H,13H2,1-2H3,(H,22,23)(H,24,25). The summed E-state index contributed by atoms with van der Waals surface area (Å²) in [5.74, 6) is 1.42. The van der Waals surface area contributed by atoms with Gasteiger partial charge in [0.25, 0.3) is 5.91 Å². The van der Waals surface area contributed by atoms with Crippen LogP contribution in [0.15, 0.2) is 66.9 Å². The number of ether oxygens (including phenoxy) is 1. The molecule has 0 aliphatic rings. The summed E-state index contributed by atoms with van der Waals surface area (Å²) >= 11 is 0. The molecule has 0 aliphatic carbocycles. The lowest BCUT2D eigenvalue weighted by atomic mass is 10.1. The summed E-state index contributed by atoms with van der Waals surface area (Å²) in [5.41, 5.74) is 3.30. The minimum absolute atomic E-state index is 0.139. The average Bonchev–Trinajstić information content (AvgIpc) is 2.68. The van der Waals surface area contributed by atoms with E-state index in [-0.39, 0.29) is 5.91 Å². The van der Waals surface area contributed by atoms with Gasteiger partial charge in [0, 0.05) is 17.7 Å². The van der Waals surface area contributed by atoms with Gasteiger partial charge in [0.2, 0.25) is 0 Å². The number of nitrogens with zero attached hydrogens (tertiary/aromatic N) is 1. The molecular formula is C21H21N3O2. The van der Waals surface area contributed by atoms with E-state index in [1.54, 1.807) is 19.4 Å². The topological polar surface area (TPSA) is 63.2 Å². The molecule has 1 aromatic heterocycles. The summed E-state index contributed by atoms with van der Waals surface area (Å²) in [6.07, 6.45) is 1.64. The molecule has 0 bridgehead atoms. The Bertz CT molecular complexity index is 892. The molecule has 3 aromatic rings. The van der Waals surface area contributed by atoms with Crippen molar-refractivity contribution in [2.24, 2.45) is 0 Å². The fourth-order valence-electron chi connectivity index (χ4n) is 2.63. The summed E-state index contributed by atoms with van der Waals surface area (Å²) in [4.78, 5) is 16.7. The zero-order chi connectivity index (χ0) is 18.4. The first-order valence-corrected chi connectivity index (χ1v) is 8.36. The number of rotatable bonds is 6. The zero-order valence-corrected chi connectivity index (χ0v) is 14.8. The second-order valence-corrected chi connectivity index (χ2v) is 5.87. The predicted octanol–water partition coefficient (Wildman–Crippen LogP) is 4.26. The summed E-state index contributed by atoms with van der Waals surface area (Å²) in [6, 6.07) is 19.0. The Hall–Kier alpha value is -3.34.